The predicted molar refractivity (Wildman–Crippen MR) is 165 cm³/mol. The van der Waals surface area contributed by atoms with Crippen LogP contribution in [0.3, 0.4) is 0 Å². The van der Waals surface area contributed by atoms with E-state index in [0.29, 0.717) is 23.7 Å². The fraction of sp³-hybridized carbons (Fsp3) is 0.824. The van der Waals surface area contributed by atoms with Crippen LogP contribution in [0.5, 0.6) is 0 Å². The van der Waals surface area contributed by atoms with E-state index in [4.69, 9.17) is 4.43 Å². The van der Waals surface area contributed by atoms with Gasteiger partial charge in [-0.25, -0.2) is 0 Å². The maximum Gasteiger partial charge on any atom is 0.192 e. The molecule has 3 aliphatic carbocycles. The van der Waals surface area contributed by atoms with Crippen molar-refractivity contribution in [3.8, 4) is 0 Å². The third kappa shape index (κ3) is 7.14. The van der Waals surface area contributed by atoms with Gasteiger partial charge in [0.25, 0.3) is 0 Å². The first kappa shape index (κ1) is 31.8. The van der Waals surface area contributed by atoms with E-state index in [0.717, 1.165) is 30.8 Å². The summed E-state index contributed by atoms with van der Waals surface area (Å²) in [6.07, 6.45) is 15.2. The van der Waals surface area contributed by atoms with Gasteiger partial charge in [-0.15, -0.1) is 0 Å². The lowest BCUT2D eigenvalue weighted by Crippen LogP contribution is -2.51. The van der Waals surface area contributed by atoms with E-state index in [1.165, 1.54) is 44.1 Å². The average Bonchev–Trinajstić information content (AvgIpc) is 3.10. The number of rotatable bonds is 8. The minimum atomic E-state index is -1.96. The van der Waals surface area contributed by atoms with Gasteiger partial charge in [0.15, 0.2) is 8.32 Å². The highest BCUT2D eigenvalue weighted by Crippen LogP contribution is 2.60. The summed E-state index contributed by atoms with van der Waals surface area (Å²) in [5, 5.41) is 21.3. The van der Waals surface area contributed by atoms with E-state index in [2.05, 4.69) is 73.4 Å². The number of allylic oxidation sites excluding steroid dienone is 3. The van der Waals surface area contributed by atoms with Gasteiger partial charge in [-0.3, -0.25) is 0 Å². The molecule has 3 aliphatic rings. The normalized spacial score (nSPS) is 36.1. The fourth-order valence-electron chi connectivity index (χ4n) is 7.83. The molecule has 3 nitrogen and oxygen atoms in total. The number of hydrogen-bond donors (Lipinski definition) is 2. The molecule has 0 spiro atoms. The monoisotopic (exact) mass is 544 g/mol. The molecule has 0 aromatic heterocycles. The number of aliphatic hydroxyl groups is 2. The second kappa shape index (κ2) is 11.3. The molecule has 0 aliphatic heterocycles. The Hall–Kier alpha value is -0.683. The summed E-state index contributed by atoms with van der Waals surface area (Å²) < 4.78 is 6.91. The molecule has 0 heterocycles. The van der Waals surface area contributed by atoms with E-state index < -0.39 is 20.0 Å². The number of fused-ring (bicyclic) bond motifs is 1. The zero-order valence-electron chi connectivity index (χ0n) is 26.5. The zero-order chi connectivity index (χ0) is 28.7. The second-order valence-corrected chi connectivity index (χ2v) is 20.7. The van der Waals surface area contributed by atoms with Gasteiger partial charge in [-0.2, -0.15) is 0 Å². The molecule has 0 aromatic rings. The molecule has 218 valence electrons. The standard InChI is InChI=1S/C34H60O3Si/c1-24(14-12-20-32(6,7)36)28-18-19-29-26(15-13-21-34(28,29)9)16-17-27-22-33(8,23-30(35)25(27)2)37-38(10,11)31(3,4)5/h16-17,24,28-30,35-36H,2,12-15,18-23H2,1,3-11H3/b26-16+,27-17-/t24-,28?,29?,30+,33-,34+/m0/s1. The molecule has 0 saturated heterocycles. The molecule has 6 atom stereocenters. The van der Waals surface area contributed by atoms with E-state index >= 15 is 0 Å². The zero-order valence-corrected chi connectivity index (χ0v) is 27.5. The van der Waals surface area contributed by atoms with Crippen molar-refractivity contribution in [2.24, 2.45) is 23.2 Å². The molecule has 3 rings (SSSR count). The third-order valence-corrected chi connectivity index (χ3v) is 15.6. The molecule has 2 N–H and O–H groups in total. The van der Waals surface area contributed by atoms with Crippen LogP contribution >= 0.6 is 0 Å². The molecular formula is C34H60O3Si. The number of aliphatic hydroxyl groups excluding tert-OH is 1. The summed E-state index contributed by atoms with van der Waals surface area (Å²) in [6.45, 7) is 26.9. The van der Waals surface area contributed by atoms with Crippen molar-refractivity contribution in [3.05, 3.63) is 35.5 Å². The molecular weight excluding hydrogens is 484 g/mol. The van der Waals surface area contributed by atoms with Crippen molar-refractivity contribution in [1.29, 1.82) is 0 Å². The Labute approximate surface area is 236 Å². The lowest BCUT2D eigenvalue weighted by Gasteiger charge is -2.47. The Kier molecular flexibility index (Phi) is 9.47. The average molecular weight is 545 g/mol. The Morgan fingerprint density at radius 2 is 1.79 bits per heavy atom. The molecule has 0 aromatic carbocycles. The van der Waals surface area contributed by atoms with Crippen molar-refractivity contribution < 1.29 is 14.6 Å². The SMILES string of the molecule is C=C1/C(=C\C=C2/CCC[C@@]3(C)C2CCC3[C@@H](C)CCCC(C)(C)O)C[C@](C)(O[Si](C)(C)C(C)(C)C)C[C@H]1O. The molecule has 3 saturated carbocycles. The highest BCUT2D eigenvalue weighted by molar-refractivity contribution is 6.74. The summed E-state index contributed by atoms with van der Waals surface area (Å²) in [5.74, 6) is 2.12. The van der Waals surface area contributed by atoms with Gasteiger partial charge in [0, 0.05) is 12.8 Å². The first-order valence-corrected chi connectivity index (χ1v) is 18.4. The molecule has 0 amide bonds. The maximum absolute atomic E-state index is 11.0. The van der Waals surface area contributed by atoms with Crippen molar-refractivity contribution >= 4 is 8.32 Å². The van der Waals surface area contributed by atoms with E-state index in [1.807, 2.05) is 13.8 Å². The Balaban J connectivity index is 1.77. The highest BCUT2D eigenvalue weighted by Gasteiger charge is 2.50. The van der Waals surface area contributed by atoms with Crippen LogP contribution in [0.25, 0.3) is 0 Å². The highest BCUT2D eigenvalue weighted by atomic mass is 28.4. The van der Waals surface area contributed by atoms with Gasteiger partial charge in [-0.05, 0) is 112 Å². The summed E-state index contributed by atoms with van der Waals surface area (Å²) in [6, 6.07) is 0. The van der Waals surface area contributed by atoms with Crippen LogP contribution in [0.15, 0.2) is 35.5 Å². The van der Waals surface area contributed by atoms with Crippen LogP contribution in [0.2, 0.25) is 18.1 Å². The molecule has 2 unspecified atom stereocenters. The van der Waals surface area contributed by atoms with Gasteiger partial charge in [0.1, 0.15) is 0 Å². The first-order valence-electron chi connectivity index (χ1n) is 15.5. The third-order valence-electron chi connectivity index (χ3n) is 11.0. The van der Waals surface area contributed by atoms with Gasteiger partial charge in [0.2, 0.25) is 0 Å². The van der Waals surface area contributed by atoms with E-state index in [9.17, 15) is 10.2 Å². The predicted octanol–water partition coefficient (Wildman–Crippen LogP) is 9.12. The lowest BCUT2D eigenvalue weighted by atomic mass is 9.60. The van der Waals surface area contributed by atoms with Gasteiger partial charge >= 0.3 is 0 Å². The summed E-state index contributed by atoms with van der Waals surface area (Å²) in [4.78, 5) is 0. The Bertz CT molecular complexity index is 917. The number of hydrogen-bond acceptors (Lipinski definition) is 3. The van der Waals surface area contributed by atoms with Gasteiger partial charge < -0.3 is 14.6 Å². The second-order valence-electron chi connectivity index (χ2n) is 15.9. The van der Waals surface area contributed by atoms with Crippen molar-refractivity contribution in [2.45, 2.75) is 155 Å². The minimum Gasteiger partial charge on any atom is -0.411 e. The maximum atomic E-state index is 11.0. The molecule has 38 heavy (non-hydrogen) atoms. The van der Waals surface area contributed by atoms with Crippen LogP contribution in [-0.2, 0) is 4.43 Å². The van der Waals surface area contributed by atoms with Gasteiger partial charge in [0.05, 0.1) is 17.3 Å². The first-order chi connectivity index (χ1) is 17.3. The van der Waals surface area contributed by atoms with Crippen molar-refractivity contribution in [2.75, 3.05) is 0 Å². The molecule has 0 radical (unpaired) electrons. The lowest BCUT2D eigenvalue weighted by molar-refractivity contribution is 0.0139. The summed E-state index contributed by atoms with van der Waals surface area (Å²) >= 11 is 0. The van der Waals surface area contributed by atoms with Crippen LogP contribution < -0.4 is 0 Å². The fourth-order valence-corrected chi connectivity index (χ4v) is 9.52. The molecule has 4 heteroatoms. The largest absolute Gasteiger partial charge is 0.411 e. The summed E-state index contributed by atoms with van der Waals surface area (Å²) in [7, 11) is -1.96. The van der Waals surface area contributed by atoms with Crippen LogP contribution in [-0.4, -0.2) is 35.8 Å². The van der Waals surface area contributed by atoms with Crippen LogP contribution in [0, 0.1) is 23.2 Å². The molecule has 3 fully saturated rings. The minimum absolute atomic E-state index is 0.137. The van der Waals surface area contributed by atoms with Crippen molar-refractivity contribution in [3.63, 3.8) is 0 Å². The smallest absolute Gasteiger partial charge is 0.192 e. The van der Waals surface area contributed by atoms with Crippen molar-refractivity contribution in [1.82, 2.24) is 0 Å². The topological polar surface area (TPSA) is 49.7 Å². The summed E-state index contributed by atoms with van der Waals surface area (Å²) in [5.41, 5.74) is 3.11. The van der Waals surface area contributed by atoms with E-state index in [1.54, 1.807) is 5.57 Å². The van der Waals surface area contributed by atoms with Gasteiger partial charge in [-0.1, -0.05) is 71.8 Å². The quantitative estimate of drug-likeness (QED) is 0.300. The van der Waals surface area contributed by atoms with E-state index in [-0.39, 0.29) is 10.6 Å². The Morgan fingerprint density at radius 3 is 2.39 bits per heavy atom. The molecule has 0 bridgehead atoms. The van der Waals surface area contributed by atoms with Crippen LogP contribution in [0.4, 0.5) is 0 Å². The van der Waals surface area contributed by atoms with Crippen LogP contribution in [0.1, 0.15) is 120 Å². The Morgan fingerprint density at radius 1 is 1.13 bits per heavy atom.